The zero-order valence-electron chi connectivity index (χ0n) is 12.4. The van der Waals surface area contributed by atoms with Crippen LogP contribution < -0.4 is 5.73 Å². The summed E-state index contributed by atoms with van der Waals surface area (Å²) < 4.78 is 0. The van der Waals surface area contributed by atoms with E-state index in [-0.39, 0.29) is 0 Å². The molecule has 0 aromatic heterocycles. The second kappa shape index (κ2) is 9.15. The van der Waals surface area contributed by atoms with E-state index in [2.05, 4.69) is 48.8 Å². The van der Waals surface area contributed by atoms with Crippen LogP contribution in [0.5, 0.6) is 0 Å². The molecule has 0 bridgehead atoms. The minimum atomic E-state index is 0.381. The van der Waals surface area contributed by atoms with Crippen LogP contribution in [0.2, 0.25) is 0 Å². The van der Waals surface area contributed by atoms with Crippen LogP contribution in [0.3, 0.4) is 0 Å². The molecule has 0 amide bonds. The van der Waals surface area contributed by atoms with Gasteiger partial charge in [0.25, 0.3) is 0 Å². The number of nitriles is 1. The lowest BCUT2D eigenvalue weighted by Gasteiger charge is -2.23. The van der Waals surface area contributed by atoms with Gasteiger partial charge in [-0.15, -0.1) is 0 Å². The zero-order chi connectivity index (χ0) is 14.8. The average Bonchev–Trinajstić information content (AvgIpc) is 2.42. The van der Waals surface area contributed by atoms with Crippen LogP contribution in [0.1, 0.15) is 31.4 Å². The highest BCUT2D eigenvalue weighted by atomic mass is 15.1. The molecule has 2 N–H and O–H groups in total. The van der Waals surface area contributed by atoms with Crippen molar-refractivity contribution in [3.05, 3.63) is 35.4 Å². The first kappa shape index (κ1) is 16.2. The molecule has 0 aliphatic heterocycles. The van der Waals surface area contributed by atoms with E-state index >= 15 is 0 Å². The molecule has 0 unspecified atom stereocenters. The van der Waals surface area contributed by atoms with Crippen molar-refractivity contribution in [2.75, 3.05) is 19.6 Å². The fraction of sp³-hybridized carbons (Fsp3) is 0.471. The van der Waals surface area contributed by atoms with Gasteiger partial charge >= 0.3 is 0 Å². The number of nitrogens with two attached hydrogens (primary N) is 1. The highest BCUT2D eigenvalue weighted by Gasteiger charge is 2.08. The van der Waals surface area contributed by atoms with Crippen molar-refractivity contribution in [3.63, 3.8) is 0 Å². The Kier molecular flexibility index (Phi) is 7.43. The Morgan fingerprint density at radius 1 is 1.35 bits per heavy atom. The first-order chi connectivity index (χ1) is 9.65. The largest absolute Gasteiger partial charge is 0.320 e. The summed E-state index contributed by atoms with van der Waals surface area (Å²) in [7, 11) is 0. The van der Waals surface area contributed by atoms with Gasteiger partial charge in [0, 0.05) is 31.6 Å². The Hall–Kier alpha value is -1.81. The summed E-state index contributed by atoms with van der Waals surface area (Å²) in [6, 6.07) is 10.4. The van der Waals surface area contributed by atoms with E-state index in [0.29, 0.717) is 18.9 Å². The van der Waals surface area contributed by atoms with E-state index in [1.807, 2.05) is 12.1 Å². The topological polar surface area (TPSA) is 53.0 Å². The highest BCUT2D eigenvalue weighted by Crippen LogP contribution is 2.10. The molecule has 3 heteroatoms. The number of benzene rings is 1. The number of rotatable bonds is 6. The monoisotopic (exact) mass is 269 g/mol. The Bertz CT molecular complexity index is 503. The van der Waals surface area contributed by atoms with Crippen molar-refractivity contribution >= 4 is 0 Å². The van der Waals surface area contributed by atoms with Crippen molar-refractivity contribution < 1.29 is 0 Å². The van der Waals surface area contributed by atoms with Crippen LogP contribution in [-0.2, 0) is 6.54 Å². The van der Waals surface area contributed by atoms with Gasteiger partial charge in [-0.2, -0.15) is 5.26 Å². The quantitative estimate of drug-likeness (QED) is 0.807. The highest BCUT2D eigenvalue weighted by molar-refractivity contribution is 5.37. The molecule has 0 spiro atoms. The lowest BCUT2D eigenvalue weighted by Crippen LogP contribution is -2.28. The minimum absolute atomic E-state index is 0.381. The predicted octanol–water partition coefficient (Wildman–Crippen LogP) is 2.37. The molecule has 0 fully saturated rings. The first-order valence-corrected chi connectivity index (χ1v) is 7.03. The summed E-state index contributed by atoms with van der Waals surface area (Å²) in [5.41, 5.74) is 7.62. The summed E-state index contributed by atoms with van der Waals surface area (Å²) in [5, 5.41) is 8.75. The predicted molar refractivity (Wildman–Crippen MR) is 82.7 cm³/mol. The van der Waals surface area contributed by atoms with Crippen LogP contribution in [-0.4, -0.2) is 24.5 Å². The molecule has 0 aliphatic carbocycles. The van der Waals surface area contributed by atoms with Crippen molar-refractivity contribution in [2.45, 2.75) is 26.8 Å². The normalized spacial score (nSPS) is 10.2. The van der Waals surface area contributed by atoms with Crippen molar-refractivity contribution in [1.82, 2.24) is 4.90 Å². The maximum Gasteiger partial charge on any atom is 0.0635 e. The average molecular weight is 269 g/mol. The Morgan fingerprint density at radius 3 is 2.80 bits per heavy atom. The molecule has 0 heterocycles. The molecule has 1 rings (SSSR count). The molecule has 0 radical (unpaired) electrons. The summed E-state index contributed by atoms with van der Waals surface area (Å²) in [4.78, 5) is 2.32. The van der Waals surface area contributed by atoms with Gasteiger partial charge in [0.15, 0.2) is 0 Å². The molecule has 1 aromatic rings. The Morgan fingerprint density at radius 2 is 2.15 bits per heavy atom. The second-order valence-corrected chi connectivity index (χ2v) is 5.24. The van der Waals surface area contributed by atoms with E-state index in [1.54, 1.807) is 0 Å². The van der Waals surface area contributed by atoms with Crippen LogP contribution in [0.25, 0.3) is 0 Å². The molecular formula is C17H23N3. The Labute approximate surface area is 122 Å². The molecule has 106 valence electrons. The molecule has 0 saturated heterocycles. The second-order valence-electron chi connectivity index (χ2n) is 5.24. The van der Waals surface area contributed by atoms with E-state index < -0.39 is 0 Å². The molecule has 0 atom stereocenters. The smallest absolute Gasteiger partial charge is 0.0635 e. The summed E-state index contributed by atoms with van der Waals surface area (Å²) >= 11 is 0. The molecule has 20 heavy (non-hydrogen) atoms. The van der Waals surface area contributed by atoms with E-state index in [0.717, 1.165) is 25.2 Å². The van der Waals surface area contributed by atoms with E-state index in [1.165, 1.54) is 5.56 Å². The van der Waals surface area contributed by atoms with Crippen molar-refractivity contribution in [1.29, 1.82) is 5.26 Å². The number of nitrogens with zero attached hydrogens (tertiary/aromatic N) is 2. The van der Waals surface area contributed by atoms with Crippen LogP contribution in [0.15, 0.2) is 24.3 Å². The molecule has 1 aromatic carbocycles. The van der Waals surface area contributed by atoms with Crippen LogP contribution >= 0.6 is 0 Å². The summed E-state index contributed by atoms with van der Waals surface area (Å²) in [6.45, 7) is 7.45. The third-order valence-corrected chi connectivity index (χ3v) is 2.83. The van der Waals surface area contributed by atoms with Gasteiger partial charge in [-0.3, -0.25) is 4.90 Å². The third-order valence-electron chi connectivity index (χ3n) is 2.83. The van der Waals surface area contributed by atoms with Gasteiger partial charge in [0.05, 0.1) is 12.6 Å². The van der Waals surface area contributed by atoms with Crippen LogP contribution in [0.4, 0.5) is 0 Å². The van der Waals surface area contributed by atoms with Gasteiger partial charge in [-0.25, -0.2) is 0 Å². The van der Waals surface area contributed by atoms with Gasteiger partial charge in [0.2, 0.25) is 0 Å². The van der Waals surface area contributed by atoms with E-state index in [4.69, 9.17) is 11.0 Å². The maximum atomic E-state index is 8.75. The summed E-state index contributed by atoms with van der Waals surface area (Å²) in [6.07, 6.45) is 0.569. The van der Waals surface area contributed by atoms with Crippen molar-refractivity contribution in [3.8, 4) is 17.9 Å². The lowest BCUT2D eigenvalue weighted by atomic mass is 10.1. The maximum absolute atomic E-state index is 8.75. The van der Waals surface area contributed by atoms with Gasteiger partial charge in [-0.1, -0.05) is 37.8 Å². The summed E-state index contributed by atoms with van der Waals surface area (Å²) in [5.74, 6) is 6.52. The number of hydrogen-bond donors (Lipinski definition) is 1. The van der Waals surface area contributed by atoms with Gasteiger partial charge < -0.3 is 5.73 Å². The SMILES string of the molecule is CC(C)CN(CCC#N)Cc1cccc(C#CCN)c1. The molecular weight excluding hydrogens is 246 g/mol. The van der Waals surface area contributed by atoms with Gasteiger partial charge in [0.1, 0.15) is 0 Å². The van der Waals surface area contributed by atoms with Gasteiger partial charge in [-0.05, 0) is 23.6 Å². The zero-order valence-corrected chi connectivity index (χ0v) is 12.4. The molecule has 3 nitrogen and oxygen atoms in total. The fourth-order valence-electron chi connectivity index (χ4n) is 2.12. The standard InChI is InChI=1S/C17H23N3/c1-15(2)13-20(11-5-10-19)14-17-7-3-6-16(12-17)8-4-9-18/h3,6-7,12,15H,5,9,11,13-14,18H2,1-2H3. The Balaban J connectivity index is 2.74. The van der Waals surface area contributed by atoms with Crippen molar-refractivity contribution in [2.24, 2.45) is 11.7 Å². The number of hydrogen-bond acceptors (Lipinski definition) is 3. The fourth-order valence-corrected chi connectivity index (χ4v) is 2.12. The molecule has 0 aliphatic rings. The van der Waals surface area contributed by atoms with E-state index in [9.17, 15) is 0 Å². The van der Waals surface area contributed by atoms with Crippen LogP contribution in [0, 0.1) is 29.1 Å². The third kappa shape index (κ3) is 6.38. The minimum Gasteiger partial charge on any atom is -0.320 e. The first-order valence-electron chi connectivity index (χ1n) is 7.03. The lowest BCUT2D eigenvalue weighted by molar-refractivity contribution is 0.241. The molecule has 0 saturated carbocycles.